The molecule has 0 atom stereocenters. The van der Waals surface area contributed by atoms with Gasteiger partial charge < -0.3 is 4.90 Å². The van der Waals surface area contributed by atoms with Gasteiger partial charge in [0.25, 0.3) is 5.91 Å². The van der Waals surface area contributed by atoms with Gasteiger partial charge in [-0.1, -0.05) is 0 Å². The number of aryl methyl sites for hydroxylation is 2. The van der Waals surface area contributed by atoms with E-state index in [2.05, 4.69) is 22.2 Å². The number of aromatic nitrogens is 3. The van der Waals surface area contributed by atoms with Gasteiger partial charge >= 0.3 is 0 Å². The van der Waals surface area contributed by atoms with Crippen LogP contribution in [0.2, 0.25) is 0 Å². The number of hydrogen-bond acceptors (Lipinski definition) is 3. The third-order valence-electron chi connectivity index (χ3n) is 4.43. The van der Waals surface area contributed by atoms with Crippen molar-refractivity contribution in [1.29, 1.82) is 0 Å². The van der Waals surface area contributed by atoms with Crippen LogP contribution in [0.5, 0.6) is 0 Å². The molecular weight excluding hydrogens is 276 g/mol. The van der Waals surface area contributed by atoms with Crippen molar-refractivity contribution < 1.29 is 4.79 Å². The Morgan fingerprint density at radius 3 is 2.68 bits per heavy atom. The highest BCUT2D eigenvalue weighted by Crippen LogP contribution is 2.22. The van der Waals surface area contributed by atoms with E-state index in [0.29, 0.717) is 11.6 Å². The first-order valence-electron chi connectivity index (χ1n) is 7.82. The molecule has 1 amide bonds. The Balaban J connectivity index is 1.56. The van der Waals surface area contributed by atoms with Crippen LogP contribution in [-0.2, 0) is 13.5 Å². The Labute approximate surface area is 131 Å². The smallest absolute Gasteiger partial charge is 0.272 e. The zero-order valence-electron chi connectivity index (χ0n) is 13.2. The second-order valence-electron chi connectivity index (χ2n) is 6.09. The summed E-state index contributed by atoms with van der Waals surface area (Å²) in [6.07, 6.45) is 6.75. The largest absolute Gasteiger partial charge is 0.337 e. The Bertz CT molecular complexity index is 656. The Hall–Kier alpha value is -2.17. The summed E-state index contributed by atoms with van der Waals surface area (Å²) in [6.45, 7) is 3.69. The van der Waals surface area contributed by atoms with Gasteiger partial charge in [-0.2, -0.15) is 5.10 Å². The van der Waals surface area contributed by atoms with Gasteiger partial charge in [-0.05, 0) is 55.9 Å². The summed E-state index contributed by atoms with van der Waals surface area (Å²) in [4.78, 5) is 18.6. The lowest BCUT2D eigenvalue weighted by atomic mass is 9.90. The van der Waals surface area contributed by atoms with Crippen molar-refractivity contribution in [2.45, 2.75) is 26.2 Å². The molecule has 0 aliphatic carbocycles. The van der Waals surface area contributed by atoms with E-state index >= 15 is 0 Å². The summed E-state index contributed by atoms with van der Waals surface area (Å²) in [6, 6.07) is 6.04. The first kappa shape index (κ1) is 14.8. The van der Waals surface area contributed by atoms with E-state index in [-0.39, 0.29) is 5.91 Å². The lowest BCUT2D eigenvalue weighted by Crippen LogP contribution is -2.39. The van der Waals surface area contributed by atoms with Gasteiger partial charge in [-0.3, -0.25) is 14.5 Å². The van der Waals surface area contributed by atoms with Crippen molar-refractivity contribution in [1.82, 2.24) is 19.7 Å². The summed E-state index contributed by atoms with van der Waals surface area (Å²) < 4.78 is 1.65. The summed E-state index contributed by atoms with van der Waals surface area (Å²) in [5.74, 6) is 0.746. The molecule has 3 rings (SSSR count). The molecule has 2 aromatic heterocycles. The Morgan fingerprint density at radius 2 is 2.05 bits per heavy atom. The topological polar surface area (TPSA) is 51.0 Å². The van der Waals surface area contributed by atoms with Crippen LogP contribution in [0.25, 0.3) is 0 Å². The van der Waals surface area contributed by atoms with E-state index < -0.39 is 0 Å². The minimum absolute atomic E-state index is 0.0956. The van der Waals surface area contributed by atoms with Crippen LogP contribution >= 0.6 is 0 Å². The average molecular weight is 298 g/mol. The molecule has 0 unspecified atom stereocenters. The molecule has 1 aliphatic heterocycles. The highest BCUT2D eigenvalue weighted by atomic mass is 16.2. The summed E-state index contributed by atoms with van der Waals surface area (Å²) in [5, 5.41) is 4.07. The van der Waals surface area contributed by atoms with Crippen molar-refractivity contribution in [2.24, 2.45) is 13.0 Å². The van der Waals surface area contributed by atoms with Crippen LogP contribution in [0.1, 0.15) is 34.6 Å². The minimum Gasteiger partial charge on any atom is -0.337 e. The molecule has 1 aliphatic rings. The number of pyridine rings is 1. The van der Waals surface area contributed by atoms with Gasteiger partial charge in [-0.15, -0.1) is 0 Å². The molecule has 5 nitrogen and oxygen atoms in total. The quantitative estimate of drug-likeness (QED) is 0.873. The van der Waals surface area contributed by atoms with E-state index in [1.807, 2.05) is 25.1 Å². The highest BCUT2D eigenvalue weighted by Gasteiger charge is 2.25. The van der Waals surface area contributed by atoms with Gasteiger partial charge in [0, 0.05) is 38.2 Å². The third kappa shape index (κ3) is 3.18. The van der Waals surface area contributed by atoms with Crippen LogP contribution in [0.4, 0.5) is 0 Å². The van der Waals surface area contributed by atoms with E-state index in [4.69, 9.17) is 0 Å². The first-order valence-corrected chi connectivity index (χ1v) is 7.82. The summed E-state index contributed by atoms with van der Waals surface area (Å²) in [5.41, 5.74) is 3.09. The lowest BCUT2D eigenvalue weighted by Gasteiger charge is -2.32. The van der Waals surface area contributed by atoms with Gasteiger partial charge in [-0.25, -0.2) is 0 Å². The second-order valence-corrected chi connectivity index (χ2v) is 6.09. The summed E-state index contributed by atoms with van der Waals surface area (Å²) >= 11 is 0. The predicted octanol–water partition coefficient (Wildman–Crippen LogP) is 2.22. The van der Waals surface area contributed by atoms with Crippen LogP contribution in [0, 0.1) is 12.8 Å². The standard InChI is InChI=1S/C17H22N4O/c1-13-11-15(3-7-18-13)12-14-5-9-21(10-6-14)17(22)16-4-8-19-20(16)2/h3-4,7-8,11,14H,5-6,9-10,12H2,1-2H3. The van der Waals surface area contributed by atoms with E-state index in [1.165, 1.54) is 5.56 Å². The maximum Gasteiger partial charge on any atom is 0.272 e. The number of hydrogen-bond donors (Lipinski definition) is 0. The molecular formula is C17H22N4O. The van der Waals surface area contributed by atoms with E-state index in [0.717, 1.165) is 38.0 Å². The van der Waals surface area contributed by atoms with E-state index in [9.17, 15) is 4.79 Å². The monoisotopic (exact) mass is 298 g/mol. The number of amides is 1. The minimum atomic E-state index is 0.0956. The molecule has 0 radical (unpaired) electrons. The molecule has 22 heavy (non-hydrogen) atoms. The lowest BCUT2D eigenvalue weighted by molar-refractivity contribution is 0.0679. The molecule has 0 bridgehead atoms. The van der Waals surface area contributed by atoms with Crippen molar-refractivity contribution >= 4 is 5.91 Å². The van der Waals surface area contributed by atoms with Crippen LogP contribution in [0.15, 0.2) is 30.6 Å². The fraction of sp³-hybridized carbons (Fsp3) is 0.471. The van der Waals surface area contributed by atoms with Crippen molar-refractivity contribution in [2.75, 3.05) is 13.1 Å². The number of carbonyl (C=O) groups excluding carboxylic acids is 1. The Kier molecular flexibility index (Phi) is 4.22. The van der Waals surface area contributed by atoms with Crippen molar-refractivity contribution in [3.63, 3.8) is 0 Å². The molecule has 5 heteroatoms. The zero-order valence-corrected chi connectivity index (χ0v) is 13.2. The normalized spacial score (nSPS) is 16.0. The molecule has 0 spiro atoms. The van der Waals surface area contributed by atoms with Gasteiger partial charge in [0.2, 0.25) is 0 Å². The number of piperidine rings is 1. The predicted molar refractivity (Wildman–Crippen MR) is 84.5 cm³/mol. The summed E-state index contributed by atoms with van der Waals surface area (Å²) in [7, 11) is 1.81. The molecule has 1 saturated heterocycles. The van der Waals surface area contributed by atoms with Crippen LogP contribution in [-0.4, -0.2) is 38.7 Å². The number of likely N-dealkylation sites (tertiary alicyclic amines) is 1. The number of carbonyl (C=O) groups is 1. The zero-order chi connectivity index (χ0) is 15.5. The molecule has 0 saturated carbocycles. The van der Waals surface area contributed by atoms with Crippen LogP contribution < -0.4 is 0 Å². The van der Waals surface area contributed by atoms with E-state index in [1.54, 1.807) is 16.9 Å². The molecule has 2 aromatic rings. The maximum atomic E-state index is 12.4. The molecule has 3 heterocycles. The van der Waals surface area contributed by atoms with Crippen LogP contribution in [0.3, 0.4) is 0 Å². The molecule has 0 aromatic carbocycles. The first-order chi connectivity index (χ1) is 10.6. The number of nitrogens with zero attached hydrogens (tertiary/aromatic N) is 4. The van der Waals surface area contributed by atoms with Gasteiger partial charge in [0.15, 0.2) is 0 Å². The molecule has 1 fully saturated rings. The average Bonchev–Trinajstić information content (AvgIpc) is 2.93. The highest BCUT2D eigenvalue weighted by molar-refractivity contribution is 5.92. The maximum absolute atomic E-state index is 12.4. The SMILES string of the molecule is Cc1cc(CC2CCN(C(=O)c3ccnn3C)CC2)ccn1. The fourth-order valence-electron chi connectivity index (χ4n) is 3.15. The number of rotatable bonds is 3. The molecule has 0 N–H and O–H groups in total. The van der Waals surface area contributed by atoms with Gasteiger partial charge in [0.1, 0.15) is 5.69 Å². The van der Waals surface area contributed by atoms with Crippen molar-refractivity contribution in [3.8, 4) is 0 Å². The van der Waals surface area contributed by atoms with Gasteiger partial charge in [0.05, 0.1) is 0 Å². The second kappa shape index (κ2) is 6.30. The third-order valence-corrected chi connectivity index (χ3v) is 4.43. The fourth-order valence-corrected chi connectivity index (χ4v) is 3.15. The van der Waals surface area contributed by atoms with Crippen molar-refractivity contribution in [3.05, 3.63) is 47.5 Å². The molecule has 116 valence electrons. The Morgan fingerprint density at radius 1 is 1.27 bits per heavy atom.